The van der Waals surface area contributed by atoms with E-state index in [1.807, 2.05) is 0 Å². The van der Waals surface area contributed by atoms with E-state index in [4.69, 9.17) is 11.5 Å². The largest absolute Gasteiger partial charge is 0.480 e. The van der Waals surface area contributed by atoms with E-state index in [1.165, 1.54) is 18.7 Å². The Hall–Kier alpha value is -5.71. The summed E-state index contributed by atoms with van der Waals surface area (Å²) in [5, 5.41) is 46.7. The first-order valence-corrected chi connectivity index (χ1v) is 20.3. The number of unbranched alkanes of at least 4 members (excludes halogenated alkanes) is 2. The fourth-order valence-corrected chi connectivity index (χ4v) is 6.37. The summed E-state index contributed by atoms with van der Waals surface area (Å²) in [4.78, 5) is 117. The first kappa shape index (κ1) is 51.4. The van der Waals surface area contributed by atoms with Gasteiger partial charge in [-0.1, -0.05) is 30.3 Å². The van der Waals surface area contributed by atoms with Crippen LogP contribution in [0.3, 0.4) is 0 Å². The maximum Gasteiger partial charge on any atom is 0.325 e. The number of nitrogens with two attached hydrogens (primary N) is 2. The van der Waals surface area contributed by atoms with Crippen molar-refractivity contribution in [2.24, 2.45) is 11.5 Å². The Morgan fingerprint density at radius 1 is 0.705 bits per heavy atom. The van der Waals surface area contributed by atoms with Crippen LogP contribution in [0.5, 0.6) is 0 Å². The van der Waals surface area contributed by atoms with Gasteiger partial charge < -0.3 is 68.9 Å². The summed E-state index contributed by atoms with van der Waals surface area (Å²) in [5.41, 5.74) is 11.8. The molecule has 14 N–H and O–H groups in total. The zero-order chi connectivity index (χ0) is 45.5. The summed E-state index contributed by atoms with van der Waals surface area (Å²) in [6, 6.07) is -0.921. The van der Waals surface area contributed by atoms with E-state index in [-0.39, 0.29) is 38.8 Å². The van der Waals surface area contributed by atoms with Crippen LogP contribution in [0.2, 0.25) is 0 Å². The Kier molecular flexibility index (Phi) is 22.9. The Balaban J connectivity index is 2.27. The summed E-state index contributed by atoms with van der Waals surface area (Å²) < 4.78 is 0. The van der Waals surface area contributed by atoms with Crippen molar-refractivity contribution >= 4 is 53.2 Å². The SMILES string of the molecule is CC(=O)NCC(=O)N[C@@H](CCCCN)C(=O)N[C@@H](CO)C(=O)N[C@@H](Cc1ccccc1)C(=O)N[C@@H](CO)C(=O)N[C@@H](CCCCN)C(=O)N1CCC[C@H]1C(=O)N[C@@H](C)C(=O)O. The van der Waals surface area contributed by atoms with Crippen molar-refractivity contribution in [3.63, 3.8) is 0 Å². The van der Waals surface area contributed by atoms with Gasteiger partial charge in [-0.3, -0.25) is 43.2 Å². The van der Waals surface area contributed by atoms with Gasteiger partial charge in [-0.2, -0.15) is 0 Å². The van der Waals surface area contributed by atoms with Crippen molar-refractivity contribution in [2.75, 3.05) is 39.4 Å². The molecule has 8 amide bonds. The standard InChI is InChI=1S/C39H62N10O12/c1-23(39(60)61)43-37(58)31-15-10-18-49(31)38(59)27(14-7-9-17-41)45-35(56)29(21-50)48-34(55)28(19-25-11-4-3-5-12-25)46-36(57)30(22-51)47-33(54)26(13-6-8-16-40)44-32(53)20-42-24(2)52/h3-5,11-12,23,26-31,50-51H,6-10,13-22,40-41H2,1-2H3,(H,42,52)(H,43,58)(H,44,53)(H,45,56)(H,46,57)(H,47,54)(H,48,55)(H,60,61)/t23-,26-,27-,28-,29-,30-,31-/m0/s1. The highest BCUT2D eigenvalue weighted by Gasteiger charge is 2.39. The molecule has 1 aromatic rings. The number of carbonyl (C=O) groups is 9. The average Bonchev–Trinajstić information content (AvgIpc) is 3.73. The van der Waals surface area contributed by atoms with Crippen LogP contribution < -0.4 is 48.7 Å². The Labute approximate surface area is 354 Å². The molecule has 0 aliphatic carbocycles. The lowest BCUT2D eigenvalue weighted by Gasteiger charge is -2.30. The minimum absolute atomic E-state index is 0.0814. The van der Waals surface area contributed by atoms with E-state index in [0.717, 1.165) is 0 Å². The number of amides is 8. The van der Waals surface area contributed by atoms with Crippen LogP contribution in [0.4, 0.5) is 0 Å². The molecule has 0 saturated carbocycles. The second kappa shape index (κ2) is 27.2. The number of carbonyl (C=O) groups excluding carboxylic acids is 8. The maximum atomic E-state index is 13.9. The molecule has 1 aliphatic rings. The number of rotatable bonds is 27. The molecule has 1 heterocycles. The van der Waals surface area contributed by atoms with Crippen LogP contribution in [0.15, 0.2) is 30.3 Å². The molecule has 1 aliphatic heterocycles. The van der Waals surface area contributed by atoms with Gasteiger partial charge in [0.25, 0.3) is 0 Å². The molecular weight excluding hydrogens is 800 g/mol. The second-order valence-electron chi connectivity index (χ2n) is 14.7. The Morgan fingerprint density at radius 2 is 1.21 bits per heavy atom. The molecule has 0 spiro atoms. The fraction of sp³-hybridized carbons (Fsp3) is 0.615. The number of carboxylic acid groups (broad SMARTS) is 1. The van der Waals surface area contributed by atoms with E-state index in [1.54, 1.807) is 30.3 Å². The van der Waals surface area contributed by atoms with Crippen molar-refractivity contribution in [3.05, 3.63) is 35.9 Å². The molecule has 22 nitrogen and oxygen atoms in total. The third kappa shape index (κ3) is 17.8. The van der Waals surface area contributed by atoms with Crippen LogP contribution >= 0.6 is 0 Å². The molecule has 0 radical (unpaired) electrons. The van der Waals surface area contributed by atoms with Crippen molar-refractivity contribution in [1.82, 2.24) is 42.1 Å². The van der Waals surface area contributed by atoms with Gasteiger partial charge in [-0.25, -0.2) is 0 Å². The minimum Gasteiger partial charge on any atom is -0.480 e. The third-order valence-corrected chi connectivity index (χ3v) is 9.77. The van der Waals surface area contributed by atoms with Crippen LogP contribution in [0, 0.1) is 0 Å². The summed E-state index contributed by atoms with van der Waals surface area (Å²) in [6.45, 7) is 0.958. The molecule has 1 aromatic carbocycles. The minimum atomic E-state index is -1.65. The number of nitrogens with one attached hydrogen (secondary N) is 7. The van der Waals surface area contributed by atoms with Crippen LogP contribution in [0.25, 0.3) is 0 Å². The molecule has 2 rings (SSSR count). The molecule has 61 heavy (non-hydrogen) atoms. The average molecular weight is 863 g/mol. The summed E-state index contributed by atoms with van der Waals surface area (Å²) in [7, 11) is 0. The number of aliphatic hydroxyl groups is 2. The van der Waals surface area contributed by atoms with E-state index in [0.29, 0.717) is 44.2 Å². The van der Waals surface area contributed by atoms with Gasteiger partial charge in [0.1, 0.15) is 42.3 Å². The first-order valence-electron chi connectivity index (χ1n) is 20.3. The second-order valence-corrected chi connectivity index (χ2v) is 14.7. The number of hydrogen-bond acceptors (Lipinski definition) is 13. The lowest BCUT2D eigenvalue weighted by Crippen LogP contribution is -2.61. The molecule has 22 heteroatoms. The van der Waals surface area contributed by atoms with Crippen molar-refractivity contribution < 1.29 is 58.5 Å². The normalized spacial score (nSPS) is 16.4. The molecule has 340 valence electrons. The highest BCUT2D eigenvalue weighted by molar-refractivity contribution is 5.98. The molecule has 0 bridgehead atoms. The van der Waals surface area contributed by atoms with E-state index in [2.05, 4.69) is 37.2 Å². The predicted molar refractivity (Wildman–Crippen MR) is 218 cm³/mol. The Bertz CT molecular complexity index is 1650. The number of aliphatic hydroxyl groups excluding tert-OH is 2. The molecule has 1 saturated heterocycles. The number of nitrogens with zero attached hydrogens (tertiary/aromatic N) is 1. The van der Waals surface area contributed by atoms with E-state index in [9.17, 15) is 58.5 Å². The third-order valence-electron chi connectivity index (χ3n) is 9.77. The molecule has 0 aromatic heterocycles. The Morgan fingerprint density at radius 3 is 1.74 bits per heavy atom. The zero-order valence-electron chi connectivity index (χ0n) is 34.7. The van der Waals surface area contributed by atoms with E-state index >= 15 is 0 Å². The van der Waals surface area contributed by atoms with Gasteiger partial charge >= 0.3 is 5.97 Å². The van der Waals surface area contributed by atoms with Gasteiger partial charge in [0.05, 0.1) is 19.8 Å². The quantitative estimate of drug-likeness (QED) is 0.0372. The summed E-state index contributed by atoms with van der Waals surface area (Å²) >= 11 is 0. The highest BCUT2D eigenvalue weighted by Crippen LogP contribution is 2.20. The van der Waals surface area contributed by atoms with Crippen molar-refractivity contribution in [3.8, 4) is 0 Å². The van der Waals surface area contributed by atoms with Gasteiger partial charge in [-0.15, -0.1) is 0 Å². The topological polar surface area (TPSA) is 354 Å². The fourth-order valence-electron chi connectivity index (χ4n) is 6.37. The van der Waals surface area contributed by atoms with Gasteiger partial charge in [0, 0.05) is 19.9 Å². The van der Waals surface area contributed by atoms with Crippen molar-refractivity contribution in [1.29, 1.82) is 0 Å². The zero-order valence-corrected chi connectivity index (χ0v) is 34.7. The van der Waals surface area contributed by atoms with Crippen LogP contribution in [0.1, 0.15) is 70.8 Å². The van der Waals surface area contributed by atoms with Gasteiger partial charge in [0.15, 0.2) is 0 Å². The first-order chi connectivity index (χ1) is 29.1. The molecule has 7 atom stereocenters. The van der Waals surface area contributed by atoms with Crippen LogP contribution in [-0.2, 0) is 49.6 Å². The molecule has 1 fully saturated rings. The van der Waals surface area contributed by atoms with Crippen molar-refractivity contribution in [2.45, 2.75) is 114 Å². The number of likely N-dealkylation sites (tertiary alicyclic amines) is 1. The predicted octanol–water partition coefficient (Wildman–Crippen LogP) is -4.39. The molecular formula is C39H62N10O12. The van der Waals surface area contributed by atoms with Gasteiger partial charge in [0.2, 0.25) is 47.3 Å². The van der Waals surface area contributed by atoms with E-state index < -0.39 is 115 Å². The lowest BCUT2D eigenvalue weighted by molar-refractivity contribution is -0.144. The molecule has 0 unspecified atom stereocenters. The number of hydrogen-bond donors (Lipinski definition) is 12. The summed E-state index contributed by atoms with van der Waals surface area (Å²) in [5.74, 6) is -7.48. The highest BCUT2D eigenvalue weighted by atomic mass is 16.4. The van der Waals surface area contributed by atoms with Gasteiger partial charge in [-0.05, 0) is 76.9 Å². The number of benzene rings is 1. The monoisotopic (exact) mass is 862 g/mol. The number of aliphatic carboxylic acids is 1. The lowest BCUT2D eigenvalue weighted by atomic mass is 10.0. The maximum absolute atomic E-state index is 13.9. The number of carboxylic acids is 1. The summed E-state index contributed by atoms with van der Waals surface area (Å²) in [6.07, 6.45) is 2.52. The smallest absolute Gasteiger partial charge is 0.325 e. The van der Waals surface area contributed by atoms with Crippen LogP contribution in [-0.4, -0.2) is 155 Å².